The number of carbonyl (C=O) groups excluding carboxylic acids is 2. The van der Waals surface area contributed by atoms with Crippen LogP contribution in [0.5, 0.6) is 0 Å². The molecule has 0 spiro atoms. The van der Waals surface area contributed by atoms with Crippen LogP contribution < -0.4 is 16.4 Å². The molecule has 1 aromatic heterocycles. The molecule has 0 unspecified atom stereocenters. The van der Waals surface area contributed by atoms with E-state index in [1.807, 2.05) is 0 Å². The van der Waals surface area contributed by atoms with Gasteiger partial charge >= 0.3 is 6.09 Å². The van der Waals surface area contributed by atoms with E-state index in [-0.39, 0.29) is 12.4 Å². The Morgan fingerprint density at radius 1 is 1.42 bits per heavy atom. The predicted molar refractivity (Wildman–Crippen MR) is 69.3 cm³/mol. The molecule has 2 amide bonds. The molecule has 1 rings (SSSR count). The molecular weight excluding hydrogens is 250 g/mol. The summed E-state index contributed by atoms with van der Waals surface area (Å²) < 4.78 is 4.98. The van der Waals surface area contributed by atoms with Gasteiger partial charge in [-0.15, -0.1) is 0 Å². The van der Waals surface area contributed by atoms with Gasteiger partial charge in [-0.3, -0.25) is 4.79 Å². The van der Waals surface area contributed by atoms with Gasteiger partial charge in [0.05, 0.1) is 6.20 Å². The molecule has 0 saturated carbocycles. The second-order valence-corrected chi connectivity index (χ2v) is 4.73. The fraction of sp³-hybridized carbons (Fsp3) is 0.455. The lowest BCUT2D eigenvalue weighted by Crippen LogP contribution is -2.37. The number of nitrogen functional groups attached to an aromatic ring is 1. The van der Waals surface area contributed by atoms with E-state index >= 15 is 0 Å². The number of nitrogens with one attached hydrogen (secondary N) is 2. The van der Waals surface area contributed by atoms with Gasteiger partial charge in [0.2, 0.25) is 5.91 Å². The molecule has 0 bridgehead atoms. The normalized spacial score (nSPS) is 10.7. The monoisotopic (exact) mass is 267 g/mol. The van der Waals surface area contributed by atoms with Gasteiger partial charge < -0.3 is 21.1 Å². The largest absolute Gasteiger partial charge is 0.444 e. The molecule has 0 radical (unpaired) electrons. The van der Waals surface area contributed by atoms with Gasteiger partial charge in [-0.25, -0.2) is 14.8 Å². The van der Waals surface area contributed by atoms with Crippen LogP contribution in [0, 0.1) is 0 Å². The Hall–Kier alpha value is -2.38. The van der Waals surface area contributed by atoms with Gasteiger partial charge in [0, 0.05) is 0 Å². The number of nitrogens with two attached hydrogens (primary N) is 1. The summed E-state index contributed by atoms with van der Waals surface area (Å²) in [6.45, 7) is 4.96. The molecule has 1 heterocycles. The lowest BCUT2D eigenvalue weighted by Gasteiger charge is -2.19. The quantitative estimate of drug-likeness (QED) is 0.734. The molecule has 0 aliphatic rings. The van der Waals surface area contributed by atoms with Crippen LogP contribution in [0.2, 0.25) is 0 Å². The Morgan fingerprint density at radius 2 is 2.11 bits per heavy atom. The molecule has 0 atom stereocenters. The fourth-order valence-electron chi connectivity index (χ4n) is 1.10. The minimum Gasteiger partial charge on any atom is -0.444 e. The molecule has 0 aliphatic heterocycles. The zero-order valence-corrected chi connectivity index (χ0v) is 11.1. The highest BCUT2D eigenvalue weighted by molar-refractivity contribution is 5.95. The molecule has 0 aliphatic carbocycles. The van der Waals surface area contributed by atoms with Crippen LogP contribution in [-0.4, -0.2) is 34.1 Å². The Morgan fingerprint density at radius 3 is 2.68 bits per heavy atom. The minimum absolute atomic E-state index is 0.153. The number of nitrogens with zero attached hydrogens (tertiary/aromatic N) is 2. The molecule has 0 aromatic carbocycles. The van der Waals surface area contributed by atoms with E-state index in [2.05, 4.69) is 20.6 Å². The van der Waals surface area contributed by atoms with Crippen molar-refractivity contribution >= 4 is 23.5 Å². The topological polar surface area (TPSA) is 119 Å². The summed E-state index contributed by atoms with van der Waals surface area (Å²) in [4.78, 5) is 30.3. The first-order valence-electron chi connectivity index (χ1n) is 5.60. The number of aromatic nitrogens is 2. The van der Waals surface area contributed by atoms with Crippen molar-refractivity contribution in [1.82, 2.24) is 15.3 Å². The minimum atomic E-state index is -0.667. The Labute approximate surface area is 110 Å². The Kier molecular flexibility index (Phi) is 4.62. The molecule has 4 N–H and O–H groups in total. The lowest BCUT2D eigenvalue weighted by molar-refractivity contribution is -0.115. The van der Waals surface area contributed by atoms with Gasteiger partial charge in [-0.05, 0) is 20.8 Å². The third-order valence-corrected chi connectivity index (χ3v) is 1.81. The molecule has 0 fully saturated rings. The lowest BCUT2D eigenvalue weighted by atomic mass is 10.2. The summed E-state index contributed by atoms with van der Waals surface area (Å²) in [7, 11) is 0. The van der Waals surface area contributed by atoms with Crippen LogP contribution >= 0.6 is 0 Å². The predicted octanol–water partition coefficient (Wildman–Crippen LogP) is 0.522. The molecule has 0 saturated heterocycles. The summed E-state index contributed by atoms with van der Waals surface area (Å²) in [6, 6.07) is 0. The maximum Gasteiger partial charge on any atom is 0.408 e. The van der Waals surface area contributed by atoms with Gasteiger partial charge in [0.1, 0.15) is 24.2 Å². The highest BCUT2D eigenvalue weighted by Gasteiger charge is 2.16. The number of carbonyl (C=O) groups is 2. The van der Waals surface area contributed by atoms with Gasteiger partial charge in [-0.1, -0.05) is 0 Å². The van der Waals surface area contributed by atoms with Gasteiger partial charge in [-0.2, -0.15) is 0 Å². The number of alkyl carbamates (subject to hydrolysis) is 1. The van der Waals surface area contributed by atoms with Crippen LogP contribution in [-0.2, 0) is 9.53 Å². The third kappa shape index (κ3) is 5.66. The van der Waals surface area contributed by atoms with Crippen LogP contribution in [0.1, 0.15) is 20.8 Å². The summed E-state index contributed by atoms with van der Waals surface area (Å²) in [5.74, 6) is -0.298. The average molecular weight is 267 g/mol. The first-order chi connectivity index (χ1) is 8.78. The maximum absolute atomic E-state index is 11.5. The van der Waals surface area contributed by atoms with Crippen molar-refractivity contribution in [1.29, 1.82) is 0 Å². The number of anilines is 2. The number of ether oxygens (including phenoxy) is 1. The summed E-state index contributed by atoms with van der Waals surface area (Å²) in [5, 5.41) is 4.79. The molecule has 8 heteroatoms. The molecular formula is C11H17N5O3. The zero-order chi connectivity index (χ0) is 14.5. The standard InChI is InChI=1S/C11H17N5O3/c1-11(2,3)19-10(18)14-5-8(17)16-7-4-13-6-15-9(7)12/h4,6H,5H2,1-3H3,(H,14,18)(H,16,17)(H2,12,13,15). The first kappa shape index (κ1) is 14.7. The Bertz CT molecular complexity index is 470. The van der Waals surface area contributed by atoms with Crippen molar-refractivity contribution in [3.8, 4) is 0 Å². The average Bonchev–Trinajstić information content (AvgIpc) is 2.27. The van der Waals surface area contributed by atoms with Gasteiger partial charge in [0.15, 0.2) is 5.82 Å². The van der Waals surface area contributed by atoms with E-state index in [0.29, 0.717) is 5.69 Å². The molecule has 1 aromatic rings. The maximum atomic E-state index is 11.5. The van der Waals surface area contributed by atoms with Crippen molar-refractivity contribution in [3.05, 3.63) is 12.5 Å². The zero-order valence-electron chi connectivity index (χ0n) is 11.1. The van der Waals surface area contributed by atoms with E-state index in [4.69, 9.17) is 10.5 Å². The molecule has 104 valence electrons. The summed E-state index contributed by atoms with van der Waals surface area (Å²) in [5.41, 5.74) is 5.21. The van der Waals surface area contributed by atoms with E-state index in [1.165, 1.54) is 12.5 Å². The first-order valence-corrected chi connectivity index (χ1v) is 5.60. The summed E-state index contributed by atoms with van der Waals surface area (Å²) in [6.07, 6.45) is 1.97. The smallest absolute Gasteiger partial charge is 0.408 e. The SMILES string of the molecule is CC(C)(C)OC(=O)NCC(=O)Nc1cncnc1N. The van der Waals surface area contributed by atoms with Crippen molar-refractivity contribution in [2.24, 2.45) is 0 Å². The van der Waals surface area contributed by atoms with Crippen LogP contribution in [0.3, 0.4) is 0 Å². The van der Waals surface area contributed by atoms with Crippen LogP contribution in [0.4, 0.5) is 16.3 Å². The number of hydrogen-bond donors (Lipinski definition) is 3. The third-order valence-electron chi connectivity index (χ3n) is 1.81. The fourth-order valence-corrected chi connectivity index (χ4v) is 1.10. The highest BCUT2D eigenvalue weighted by atomic mass is 16.6. The van der Waals surface area contributed by atoms with Crippen molar-refractivity contribution in [2.75, 3.05) is 17.6 Å². The van der Waals surface area contributed by atoms with Crippen molar-refractivity contribution < 1.29 is 14.3 Å². The second-order valence-electron chi connectivity index (χ2n) is 4.73. The number of rotatable bonds is 3. The van der Waals surface area contributed by atoms with E-state index in [9.17, 15) is 9.59 Å². The molecule has 8 nitrogen and oxygen atoms in total. The summed E-state index contributed by atoms with van der Waals surface area (Å²) >= 11 is 0. The highest BCUT2D eigenvalue weighted by Crippen LogP contribution is 2.11. The van der Waals surface area contributed by atoms with E-state index < -0.39 is 17.6 Å². The molecule has 19 heavy (non-hydrogen) atoms. The second kappa shape index (κ2) is 5.98. The number of hydrogen-bond acceptors (Lipinski definition) is 6. The van der Waals surface area contributed by atoms with E-state index in [0.717, 1.165) is 0 Å². The van der Waals surface area contributed by atoms with E-state index in [1.54, 1.807) is 20.8 Å². The Balaban J connectivity index is 2.41. The van der Waals surface area contributed by atoms with Crippen LogP contribution in [0.15, 0.2) is 12.5 Å². The van der Waals surface area contributed by atoms with Crippen molar-refractivity contribution in [3.63, 3.8) is 0 Å². The number of amides is 2. The van der Waals surface area contributed by atoms with Crippen LogP contribution in [0.25, 0.3) is 0 Å². The van der Waals surface area contributed by atoms with Crippen molar-refractivity contribution in [2.45, 2.75) is 26.4 Å². The van der Waals surface area contributed by atoms with Gasteiger partial charge in [0.25, 0.3) is 0 Å².